The highest BCUT2D eigenvalue weighted by Gasteiger charge is 2.16. The second-order valence-corrected chi connectivity index (χ2v) is 5.27. The van der Waals surface area contributed by atoms with E-state index in [1.54, 1.807) is 6.07 Å². The zero-order valence-corrected chi connectivity index (χ0v) is 11.6. The summed E-state index contributed by atoms with van der Waals surface area (Å²) in [4.78, 5) is 30.4. The lowest BCUT2D eigenvalue weighted by molar-refractivity contribution is 0.123. The summed E-state index contributed by atoms with van der Waals surface area (Å²) in [6.45, 7) is 2.75. The summed E-state index contributed by atoms with van der Waals surface area (Å²) in [5.74, 6) is 0. The summed E-state index contributed by atoms with van der Waals surface area (Å²) in [5, 5.41) is 0.468. The largest absolute Gasteiger partial charge is 0.378 e. The molecule has 2 N–H and O–H groups in total. The lowest BCUT2D eigenvalue weighted by atomic mass is 10.2. The summed E-state index contributed by atoms with van der Waals surface area (Å²) in [5.41, 5.74) is 0.540. The van der Waals surface area contributed by atoms with Crippen molar-refractivity contribution in [1.29, 1.82) is 0 Å². The number of anilines is 1. The number of rotatable bonds is 1. The zero-order chi connectivity index (χ0) is 13.4. The smallest absolute Gasteiger partial charge is 0.326 e. The number of nitrogens with one attached hydrogen (secondary N) is 2. The Morgan fingerprint density at radius 3 is 2.63 bits per heavy atom. The number of fused-ring (bicyclic) bond motifs is 1. The average molecular weight is 326 g/mol. The average Bonchev–Trinajstić information content (AvgIpc) is 2.40. The van der Waals surface area contributed by atoms with Crippen LogP contribution in [-0.2, 0) is 4.74 Å². The molecule has 0 atom stereocenters. The van der Waals surface area contributed by atoms with Gasteiger partial charge in [-0.25, -0.2) is 4.79 Å². The normalized spacial score (nSPS) is 15.9. The standard InChI is InChI=1S/C12H12BrN3O3/c13-7-5-8-10(14-12(18)15-11(8)17)9(6-7)16-1-3-19-4-2-16/h5-6H,1-4H2,(H2,14,15,17,18). The Labute approximate surface area is 116 Å². The second kappa shape index (κ2) is 4.82. The molecule has 3 rings (SSSR count). The molecule has 0 spiro atoms. The van der Waals surface area contributed by atoms with Gasteiger partial charge in [0.05, 0.1) is 29.8 Å². The molecule has 0 amide bonds. The summed E-state index contributed by atoms with van der Waals surface area (Å²) in [6.07, 6.45) is 0. The molecule has 0 aliphatic carbocycles. The van der Waals surface area contributed by atoms with Crippen LogP contribution in [0.1, 0.15) is 0 Å². The van der Waals surface area contributed by atoms with E-state index in [9.17, 15) is 9.59 Å². The van der Waals surface area contributed by atoms with Crippen molar-refractivity contribution in [2.75, 3.05) is 31.2 Å². The Morgan fingerprint density at radius 1 is 1.16 bits per heavy atom. The molecular weight excluding hydrogens is 314 g/mol. The van der Waals surface area contributed by atoms with Crippen molar-refractivity contribution >= 4 is 32.5 Å². The van der Waals surface area contributed by atoms with Crippen LogP contribution in [0, 0.1) is 0 Å². The summed E-state index contributed by atoms with van der Waals surface area (Å²) in [7, 11) is 0. The molecular formula is C12H12BrN3O3. The second-order valence-electron chi connectivity index (χ2n) is 4.36. The molecule has 100 valence electrons. The van der Waals surface area contributed by atoms with Gasteiger partial charge in [-0.2, -0.15) is 0 Å². The fourth-order valence-electron chi connectivity index (χ4n) is 2.27. The minimum atomic E-state index is -0.491. The van der Waals surface area contributed by atoms with Crippen LogP contribution >= 0.6 is 15.9 Å². The number of nitrogens with zero attached hydrogens (tertiary/aromatic N) is 1. The molecule has 0 radical (unpaired) electrons. The third kappa shape index (κ3) is 2.31. The van der Waals surface area contributed by atoms with Crippen molar-refractivity contribution in [2.24, 2.45) is 0 Å². The highest BCUT2D eigenvalue weighted by molar-refractivity contribution is 9.10. The van der Waals surface area contributed by atoms with Crippen LogP contribution in [0.4, 0.5) is 5.69 Å². The molecule has 0 saturated carbocycles. The van der Waals surface area contributed by atoms with Gasteiger partial charge in [-0.1, -0.05) is 15.9 Å². The highest BCUT2D eigenvalue weighted by Crippen LogP contribution is 2.27. The number of aromatic nitrogens is 2. The van der Waals surface area contributed by atoms with Crippen LogP contribution in [0.5, 0.6) is 0 Å². The van der Waals surface area contributed by atoms with Gasteiger partial charge < -0.3 is 14.6 Å². The first-order valence-corrected chi connectivity index (χ1v) is 6.73. The fraction of sp³-hybridized carbons (Fsp3) is 0.333. The first-order chi connectivity index (χ1) is 9.15. The van der Waals surface area contributed by atoms with Crippen molar-refractivity contribution in [3.63, 3.8) is 0 Å². The first-order valence-electron chi connectivity index (χ1n) is 5.94. The number of hydrogen-bond acceptors (Lipinski definition) is 4. The van der Waals surface area contributed by atoms with E-state index in [-0.39, 0.29) is 5.56 Å². The molecule has 1 aromatic carbocycles. The number of ether oxygens (including phenoxy) is 1. The highest BCUT2D eigenvalue weighted by atomic mass is 79.9. The van der Waals surface area contributed by atoms with Gasteiger partial charge in [-0.15, -0.1) is 0 Å². The molecule has 2 aromatic rings. The molecule has 19 heavy (non-hydrogen) atoms. The van der Waals surface area contributed by atoms with E-state index < -0.39 is 5.69 Å². The molecule has 7 heteroatoms. The quantitative estimate of drug-likeness (QED) is 0.813. The Hall–Kier alpha value is -1.60. The number of benzene rings is 1. The third-order valence-electron chi connectivity index (χ3n) is 3.14. The number of aromatic amines is 2. The first kappa shape index (κ1) is 12.4. The van der Waals surface area contributed by atoms with E-state index in [2.05, 4.69) is 30.8 Å². The van der Waals surface area contributed by atoms with E-state index in [1.807, 2.05) is 6.07 Å². The van der Waals surface area contributed by atoms with Crippen LogP contribution < -0.4 is 16.1 Å². The van der Waals surface area contributed by atoms with E-state index in [4.69, 9.17) is 4.74 Å². The fourth-order valence-corrected chi connectivity index (χ4v) is 2.72. The van der Waals surface area contributed by atoms with Crippen molar-refractivity contribution in [1.82, 2.24) is 9.97 Å². The van der Waals surface area contributed by atoms with Crippen LogP contribution in [0.2, 0.25) is 0 Å². The molecule has 1 aromatic heterocycles. The van der Waals surface area contributed by atoms with Crippen molar-refractivity contribution in [3.8, 4) is 0 Å². The third-order valence-corrected chi connectivity index (χ3v) is 3.60. The van der Waals surface area contributed by atoms with Gasteiger partial charge in [-0.05, 0) is 12.1 Å². The van der Waals surface area contributed by atoms with E-state index >= 15 is 0 Å². The van der Waals surface area contributed by atoms with Crippen molar-refractivity contribution in [3.05, 3.63) is 37.4 Å². The SMILES string of the molecule is O=c1[nH]c(=O)c2cc(Br)cc(N3CCOCC3)c2[nH]1. The number of morpholine rings is 1. The van der Waals surface area contributed by atoms with Crippen LogP contribution in [0.15, 0.2) is 26.2 Å². The van der Waals surface area contributed by atoms with Crippen LogP contribution in [-0.4, -0.2) is 36.3 Å². The Kier molecular flexibility index (Phi) is 3.16. The topological polar surface area (TPSA) is 78.2 Å². The van der Waals surface area contributed by atoms with Crippen LogP contribution in [0.3, 0.4) is 0 Å². The Balaban J connectivity index is 2.27. The summed E-state index contributed by atoms with van der Waals surface area (Å²) in [6, 6.07) is 3.61. The molecule has 2 heterocycles. The molecule has 6 nitrogen and oxygen atoms in total. The maximum absolute atomic E-state index is 11.8. The maximum atomic E-state index is 11.8. The van der Waals surface area contributed by atoms with Gasteiger partial charge in [0.15, 0.2) is 0 Å². The molecule has 0 unspecified atom stereocenters. The van der Waals surface area contributed by atoms with Gasteiger partial charge in [0.25, 0.3) is 5.56 Å². The number of halogens is 1. The van der Waals surface area contributed by atoms with Gasteiger partial charge in [0, 0.05) is 17.6 Å². The summed E-state index contributed by atoms with van der Waals surface area (Å²) >= 11 is 3.40. The van der Waals surface area contributed by atoms with Gasteiger partial charge in [0.2, 0.25) is 0 Å². The van der Waals surface area contributed by atoms with E-state index in [0.29, 0.717) is 24.1 Å². The minimum Gasteiger partial charge on any atom is -0.378 e. The van der Waals surface area contributed by atoms with Crippen molar-refractivity contribution < 1.29 is 4.74 Å². The predicted molar refractivity (Wildman–Crippen MR) is 75.9 cm³/mol. The molecule has 0 bridgehead atoms. The van der Waals surface area contributed by atoms with E-state index in [1.165, 1.54) is 0 Å². The van der Waals surface area contributed by atoms with E-state index in [0.717, 1.165) is 23.2 Å². The molecule has 1 fully saturated rings. The lowest BCUT2D eigenvalue weighted by Gasteiger charge is -2.29. The molecule has 1 aliphatic rings. The Morgan fingerprint density at radius 2 is 1.89 bits per heavy atom. The Bertz CT molecular complexity index is 731. The van der Waals surface area contributed by atoms with Gasteiger partial charge in [0.1, 0.15) is 0 Å². The maximum Gasteiger partial charge on any atom is 0.326 e. The zero-order valence-electron chi connectivity index (χ0n) is 10.0. The van der Waals surface area contributed by atoms with Gasteiger partial charge in [-0.3, -0.25) is 9.78 Å². The molecule has 1 saturated heterocycles. The molecule has 1 aliphatic heterocycles. The van der Waals surface area contributed by atoms with Crippen molar-refractivity contribution in [2.45, 2.75) is 0 Å². The minimum absolute atomic E-state index is 0.380. The number of H-pyrrole nitrogens is 2. The lowest BCUT2D eigenvalue weighted by Crippen LogP contribution is -2.37. The predicted octanol–water partition coefficient (Wildman–Crippen LogP) is 0.815. The van der Waals surface area contributed by atoms with Crippen LogP contribution in [0.25, 0.3) is 10.9 Å². The monoisotopic (exact) mass is 325 g/mol. The van der Waals surface area contributed by atoms with Gasteiger partial charge >= 0.3 is 5.69 Å². The summed E-state index contributed by atoms with van der Waals surface area (Å²) < 4.78 is 6.12. The number of hydrogen-bond donors (Lipinski definition) is 2.